The summed E-state index contributed by atoms with van der Waals surface area (Å²) in [6.45, 7) is 2.18. The highest BCUT2D eigenvalue weighted by atomic mass is 35.5. The predicted molar refractivity (Wildman–Crippen MR) is 102 cm³/mol. The number of carbonyl (C=O) groups is 1. The van der Waals surface area contributed by atoms with Crippen molar-refractivity contribution >= 4 is 41.1 Å². The lowest BCUT2D eigenvalue weighted by Crippen LogP contribution is -2.18. The number of hydrogen-bond donors (Lipinski definition) is 0. The van der Waals surface area contributed by atoms with Gasteiger partial charge in [-0.05, 0) is 66.3 Å². The summed E-state index contributed by atoms with van der Waals surface area (Å²) in [7, 11) is 0. The third kappa shape index (κ3) is 4.17. The Kier molecular flexibility index (Phi) is 5.23. The van der Waals surface area contributed by atoms with E-state index in [1.165, 1.54) is 0 Å². The number of hydrogen-bond acceptors (Lipinski definition) is 1. The second-order valence-corrected chi connectivity index (χ2v) is 7.16. The predicted octanol–water partition coefficient (Wildman–Crippen LogP) is 6.46. The Morgan fingerprint density at radius 1 is 0.792 bits per heavy atom. The first-order chi connectivity index (χ1) is 11.5. The molecule has 0 amide bonds. The van der Waals surface area contributed by atoms with Crippen LogP contribution < -0.4 is 0 Å². The van der Waals surface area contributed by atoms with E-state index in [1.807, 2.05) is 60.7 Å². The van der Waals surface area contributed by atoms with E-state index < -0.39 is 0 Å². The van der Waals surface area contributed by atoms with Crippen LogP contribution in [0.15, 0.2) is 59.7 Å². The quantitative estimate of drug-likeness (QED) is 0.564. The smallest absolute Gasteiger partial charge is 0.185 e. The number of carbonyl (C=O) groups excluding carboxylic acids is 1. The third-order valence-electron chi connectivity index (χ3n) is 4.14. The minimum atomic E-state index is 0.137. The standard InChI is InChI=1S/C21H18Cl2O/c1-14-10-17(12-15-2-6-19(22)7-3-15)21(24)18(11-14)13-16-4-8-20(23)9-5-16/h2-9,12-14H,10-11H2,1H3/b17-12+,18-13+. The van der Waals surface area contributed by atoms with Crippen LogP contribution in [0.5, 0.6) is 0 Å². The van der Waals surface area contributed by atoms with Gasteiger partial charge < -0.3 is 0 Å². The summed E-state index contributed by atoms with van der Waals surface area (Å²) in [4.78, 5) is 12.8. The van der Waals surface area contributed by atoms with Gasteiger partial charge in [-0.15, -0.1) is 0 Å². The van der Waals surface area contributed by atoms with Crippen molar-refractivity contribution in [3.63, 3.8) is 0 Å². The van der Waals surface area contributed by atoms with Crippen molar-refractivity contribution in [1.29, 1.82) is 0 Å². The molecule has 0 heterocycles. The third-order valence-corrected chi connectivity index (χ3v) is 4.65. The molecule has 0 atom stereocenters. The zero-order valence-corrected chi connectivity index (χ0v) is 14.9. The lowest BCUT2D eigenvalue weighted by molar-refractivity contribution is -0.113. The lowest BCUT2D eigenvalue weighted by atomic mass is 9.81. The maximum absolute atomic E-state index is 12.8. The first kappa shape index (κ1) is 17.0. The maximum Gasteiger partial charge on any atom is 0.185 e. The van der Waals surface area contributed by atoms with Crippen molar-refractivity contribution in [1.82, 2.24) is 0 Å². The van der Waals surface area contributed by atoms with Gasteiger partial charge in [0.1, 0.15) is 0 Å². The molecule has 1 aliphatic rings. The molecule has 0 N–H and O–H groups in total. The average Bonchev–Trinajstić information content (AvgIpc) is 2.56. The molecule has 0 aliphatic heterocycles. The van der Waals surface area contributed by atoms with Gasteiger partial charge in [0, 0.05) is 21.2 Å². The summed E-state index contributed by atoms with van der Waals surface area (Å²) in [5.74, 6) is 0.581. The second kappa shape index (κ2) is 7.38. The average molecular weight is 357 g/mol. The van der Waals surface area contributed by atoms with Crippen LogP contribution in [-0.4, -0.2) is 5.78 Å². The van der Waals surface area contributed by atoms with Gasteiger partial charge in [-0.25, -0.2) is 0 Å². The molecule has 0 unspecified atom stereocenters. The number of Topliss-reactive ketones (excluding diaryl/α,β-unsaturated/α-hetero) is 1. The van der Waals surface area contributed by atoms with Crippen LogP contribution in [0.3, 0.4) is 0 Å². The molecule has 3 heteroatoms. The molecule has 0 bridgehead atoms. The van der Waals surface area contributed by atoms with E-state index in [2.05, 4.69) is 6.92 Å². The SMILES string of the molecule is CC1C/C(=C\c2ccc(Cl)cc2)C(=O)/C(=C/c2ccc(Cl)cc2)C1. The Hall–Kier alpha value is -1.83. The molecule has 1 saturated carbocycles. The van der Waals surface area contributed by atoms with Crippen LogP contribution in [0.2, 0.25) is 10.0 Å². The van der Waals surface area contributed by atoms with Crippen LogP contribution in [-0.2, 0) is 4.79 Å². The summed E-state index contributed by atoms with van der Waals surface area (Å²) in [6, 6.07) is 15.1. The molecule has 2 aromatic carbocycles. The van der Waals surface area contributed by atoms with E-state index in [0.717, 1.165) is 35.1 Å². The van der Waals surface area contributed by atoms with E-state index in [9.17, 15) is 4.79 Å². The van der Waals surface area contributed by atoms with E-state index in [-0.39, 0.29) is 5.78 Å². The second-order valence-electron chi connectivity index (χ2n) is 6.28. The summed E-state index contributed by atoms with van der Waals surface area (Å²) < 4.78 is 0. The minimum Gasteiger partial charge on any atom is -0.289 e. The van der Waals surface area contributed by atoms with Crippen molar-refractivity contribution in [2.45, 2.75) is 19.8 Å². The van der Waals surface area contributed by atoms with Gasteiger partial charge in [-0.3, -0.25) is 4.79 Å². The monoisotopic (exact) mass is 356 g/mol. The Morgan fingerprint density at radius 2 is 1.17 bits per heavy atom. The number of allylic oxidation sites excluding steroid dienone is 2. The van der Waals surface area contributed by atoms with Crippen molar-refractivity contribution in [3.8, 4) is 0 Å². The summed E-state index contributed by atoms with van der Waals surface area (Å²) >= 11 is 11.8. The molecule has 24 heavy (non-hydrogen) atoms. The Morgan fingerprint density at radius 3 is 1.54 bits per heavy atom. The zero-order chi connectivity index (χ0) is 17.1. The van der Waals surface area contributed by atoms with Crippen LogP contribution in [0.4, 0.5) is 0 Å². The molecule has 1 aliphatic carbocycles. The topological polar surface area (TPSA) is 17.1 Å². The number of rotatable bonds is 2. The fourth-order valence-corrected chi connectivity index (χ4v) is 3.24. The molecule has 0 radical (unpaired) electrons. The van der Waals surface area contributed by atoms with Gasteiger partial charge >= 0.3 is 0 Å². The van der Waals surface area contributed by atoms with E-state index in [4.69, 9.17) is 23.2 Å². The van der Waals surface area contributed by atoms with Gasteiger partial charge in [0.05, 0.1) is 0 Å². The molecule has 1 fully saturated rings. The molecule has 0 spiro atoms. The van der Waals surface area contributed by atoms with E-state index in [0.29, 0.717) is 16.0 Å². The minimum absolute atomic E-state index is 0.137. The first-order valence-corrected chi connectivity index (χ1v) is 8.74. The van der Waals surface area contributed by atoms with Crippen molar-refractivity contribution in [3.05, 3.63) is 80.8 Å². The Balaban J connectivity index is 1.90. The maximum atomic E-state index is 12.8. The molecule has 2 aromatic rings. The van der Waals surface area contributed by atoms with Gasteiger partial charge in [0.2, 0.25) is 0 Å². The molecule has 0 aromatic heterocycles. The zero-order valence-electron chi connectivity index (χ0n) is 13.4. The molecular formula is C21H18Cl2O. The van der Waals surface area contributed by atoms with Gasteiger partial charge in [-0.2, -0.15) is 0 Å². The van der Waals surface area contributed by atoms with Crippen LogP contribution in [0.25, 0.3) is 12.2 Å². The van der Waals surface area contributed by atoms with Gasteiger partial charge in [0.25, 0.3) is 0 Å². The van der Waals surface area contributed by atoms with Crippen LogP contribution >= 0.6 is 23.2 Å². The number of benzene rings is 2. The lowest BCUT2D eigenvalue weighted by Gasteiger charge is -2.22. The number of halogens is 2. The Bertz CT molecular complexity index is 731. The highest BCUT2D eigenvalue weighted by Crippen LogP contribution is 2.32. The fraction of sp³-hybridized carbons (Fsp3) is 0.190. The molecule has 3 rings (SSSR count). The number of ketones is 1. The van der Waals surface area contributed by atoms with Gasteiger partial charge in [-0.1, -0.05) is 54.4 Å². The summed E-state index contributed by atoms with van der Waals surface area (Å²) in [6.07, 6.45) is 5.56. The normalized spacial score (nSPS) is 21.5. The fourth-order valence-electron chi connectivity index (χ4n) is 2.98. The van der Waals surface area contributed by atoms with Crippen molar-refractivity contribution in [2.75, 3.05) is 0 Å². The largest absolute Gasteiger partial charge is 0.289 e. The van der Waals surface area contributed by atoms with Crippen molar-refractivity contribution < 1.29 is 4.79 Å². The molecule has 1 nitrogen and oxygen atoms in total. The Labute approximate surface area is 152 Å². The molecule has 122 valence electrons. The highest BCUT2D eigenvalue weighted by molar-refractivity contribution is 6.30. The summed E-state index contributed by atoms with van der Waals surface area (Å²) in [5.41, 5.74) is 3.72. The molecular weight excluding hydrogens is 339 g/mol. The first-order valence-electron chi connectivity index (χ1n) is 7.98. The van der Waals surface area contributed by atoms with Gasteiger partial charge in [0.15, 0.2) is 5.78 Å². The highest BCUT2D eigenvalue weighted by Gasteiger charge is 2.25. The van der Waals surface area contributed by atoms with Crippen LogP contribution in [0.1, 0.15) is 30.9 Å². The summed E-state index contributed by atoms with van der Waals surface area (Å²) in [5, 5.41) is 1.40. The molecule has 0 saturated heterocycles. The van der Waals surface area contributed by atoms with E-state index in [1.54, 1.807) is 0 Å². The van der Waals surface area contributed by atoms with Crippen molar-refractivity contribution in [2.24, 2.45) is 5.92 Å². The van der Waals surface area contributed by atoms with Crippen LogP contribution in [0, 0.1) is 5.92 Å². The van der Waals surface area contributed by atoms with E-state index >= 15 is 0 Å².